The van der Waals surface area contributed by atoms with Gasteiger partial charge in [0.1, 0.15) is 0 Å². The van der Waals surface area contributed by atoms with Gasteiger partial charge >= 0.3 is 61.6 Å². The summed E-state index contributed by atoms with van der Waals surface area (Å²) in [6.45, 7) is 0. The van der Waals surface area contributed by atoms with Gasteiger partial charge in [0.2, 0.25) is 5.60 Å². The van der Waals surface area contributed by atoms with E-state index in [4.69, 9.17) is 30.6 Å². The fraction of sp³-hybridized carbons (Fsp3) is 0.714. The van der Waals surface area contributed by atoms with Crippen molar-refractivity contribution < 1.29 is 49.8 Å². The molecule has 6 N–H and O–H groups in total. The number of carboxylic acids is 4. The van der Waals surface area contributed by atoms with Crippen molar-refractivity contribution in [2.45, 2.75) is 55.5 Å². The van der Waals surface area contributed by atoms with Gasteiger partial charge in [-0.25, -0.2) is 9.59 Å². The monoisotopic (exact) mass is 456 g/mol. The molecule has 1 saturated heterocycles. The fourth-order valence-corrected chi connectivity index (χ4v) is 4.96. The third kappa shape index (κ3) is 12.0. The molecule has 3 unspecified atom stereocenters. The normalized spacial score (nSPS) is 18.8. The van der Waals surface area contributed by atoms with Crippen molar-refractivity contribution in [1.29, 1.82) is 0 Å². The second kappa shape index (κ2) is 14.7. The fourth-order valence-electron chi connectivity index (χ4n) is 1.94. The van der Waals surface area contributed by atoms with Gasteiger partial charge in [-0.1, -0.05) is 28.0 Å². The quantitative estimate of drug-likeness (QED) is 0.142. The van der Waals surface area contributed by atoms with Crippen LogP contribution in [-0.2, 0) is 19.2 Å². The van der Waals surface area contributed by atoms with Crippen LogP contribution >= 0.6 is 21.6 Å². The third-order valence-electron chi connectivity index (χ3n) is 3.37. The standard InChI is InChI=1S/C8H14O2S2.C6H8O8.Ca.2H/c9-8(10)4-2-1-3-7-5-6-11-12-7;7-2(8)1-6(14,5(12)13)3(9)4(10)11;;;/h7H,1-6H2,(H,9,10);3,9,14H,1H2,(H,7,8)(H,10,11)(H,12,13);;;. The zero-order valence-corrected chi connectivity index (χ0v) is 15.4. The van der Waals surface area contributed by atoms with E-state index in [1.54, 1.807) is 0 Å². The van der Waals surface area contributed by atoms with Gasteiger partial charge in [0.15, 0.2) is 6.10 Å². The van der Waals surface area contributed by atoms with E-state index >= 15 is 0 Å². The van der Waals surface area contributed by atoms with Gasteiger partial charge in [-0.3, -0.25) is 9.59 Å². The van der Waals surface area contributed by atoms with Crippen LogP contribution in [-0.4, -0.2) is 115 Å². The number of hydrogen-bond donors (Lipinski definition) is 6. The van der Waals surface area contributed by atoms with Gasteiger partial charge < -0.3 is 30.6 Å². The first-order valence-corrected chi connectivity index (χ1v) is 9.97. The van der Waals surface area contributed by atoms with Crippen molar-refractivity contribution in [3.63, 3.8) is 0 Å². The Morgan fingerprint density at radius 1 is 1.04 bits per heavy atom. The van der Waals surface area contributed by atoms with Gasteiger partial charge in [-0.15, -0.1) is 0 Å². The minimum atomic E-state index is -3.22. The third-order valence-corrected chi connectivity index (χ3v) is 6.38. The van der Waals surface area contributed by atoms with Gasteiger partial charge in [0.05, 0.1) is 6.42 Å². The average molecular weight is 457 g/mol. The summed E-state index contributed by atoms with van der Waals surface area (Å²) < 4.78 is 0. The number of carbonyl (C=O) groups is 4. The summed E-state index contributed by atoms with van der Waals surface area (Å²) >= 11 is 0. The predicted octanol–water partition coefficient (Wildman–Crippen LogP) is -0.409. The number of rotatable bonds is 10. The summed E-state index contributed by atoms with van der Waals surface area (Å²) in [7, 11) is 3.92. The topological polar surface area (TPSA) is 190 Å². The summed E-state index contributed by atoms with van der Waals surface area (Å²) in [5.74, 6) is -5.27. The molecule has 1 rings (SSSR count). The first-order valence-electron chi connectivity index (χ1n) is 7.59. The zero-order chi connectivity index (χ0) is 20.3. The van der Waals surface area contributed by atoms with Gasteiger partial charge in [0, 0.05) is 17.4 Å². The van der Waals surface area contributed by atoms with Crippen LogP contribution in [0.3, 0.4) is 0 Å². The Bertz CT molecular complexity index is 512. The molecule has 154 valence electrons. The van der Waals surface area contributed by atoms with E-state index in [0.29, 0.717) is 6.42 Å². The second-order valence-corrected chi connectivity index (χ2v) is 8.30. The number of unbranched alkanes of at least 4 members (excludes halogenated alkanes) is 1. The second-order valence-electron chi connectivity index (χ2n) is 5.51. The van der Waals surface area contributed by atoms with E-state index in [2.05, 4.69) is 0 Å². The van der Waals surface area contributed by atoms with Gasteiger partial charge in [-0.05, 0) is 19.3 Å². The molecule has 0 aromatic rings. The van der Waals surface area contributed by atoms with Crippen molar-refractivity contribution in [3.05, 3.63) is 0 Å². The molecule has 1 aliphatic rings. The van der Waals surface area contributed by atoms with E-state index in [1.165, 1.54) is 18.6 Å². The van der Waals surface area contributed by atoms with Crippen LogP contribution in [0.2, 0.25) is 0 Å². The Hall–Kier alpha value is -0.240. The maximum absolute atomic E-state index is 10.4. The van der Waals surface area contributed by atoms with Crippen LogP contribution in [0, 0.1) is 0 Å². The molecule has 0 aromatic carbocycles. The van der Waals surface area contributed by atoms with Gasteiger partial charge in [-0.2, -0.15) is 0 Å². The number of aliphatic hydroxyl groups excluding tert-OH is 1. The molecular formula is C14H24CaO10S2. The molecule has 1 aliphatic heterocycles. The summed E-state index contributed by atoms with van der Waals surface area (Å²) in [5, 5.41) is 51.8. The van der Waals surface area contributed by atoms with E-state index in [1.807, 2.05) is 21.6 Å². The van der Waals surface area contributed by atoms with Crippen LogP contribution in [0.4, 0.5) is 0 Å². The van der Waals surface area contributed by atoms with Crippen molar-refractivity contribution in [3.8, 4) is 0 Å². The summed E-state index contributed by atoms with van der Waals surface area (Å²) in [6.07, 6.45) is 0.658. The van der Waals surface area contributed by atoms with Crippen LogP contribution in [0.15, 0.2) is 0 Å². The van der Waals surface area contributed by atoms with Crippen LogP contribution in [0.25, 0.3) is 0 Å². The zero-order valence-electron chi connectivity index (χ0n) is 13.7. The summed E-state index contributed by atoms with van der Waals surface area (Å²) in [4.78, 5) is 40.8. The summed E-state index contributed by atoms with van der Waals surface area (Å²) in [5.41, 5.74) is -3.22. The van der Waals surface area contributed by atoms with Crippen LogP contribution in [0.5, 0.6) is 0 Å². The maximum atomic E-state index is 10.4. The average Bonchev–Trinajstić information content (AvgIpc) is 3.03. The number of aliphatic hydroxyl groups is 2. The molecule has 13 heteroatoms. The molecule has 1 heterocycles. The molecule has 0 saturated carbocycles. The Morgan fingerprint density at radius 2 is 1.63 bits per heavy atom. The molecule has 0 amide bonds. The molecule has 0 spiro atoms. The Kier molecular flexibility index (Phi) is 15.8. The number of carboxylic acid groups (broad SMARTS) is 4. The molecule has 1 fully saturated rings. The van der Waals surface area contributed by atoms with Gasteiger partial charge in [0.25, 0.3) is 0 Å². The van der Waals surface area contributed by atoms with Crippen molar-refractivity contribution in [1.82, 2.24) is 0 Å². The molecule has 10 nitrogen and oxygen atoms in total. The predicted molar refractivity (Wildman–Crippen MR) is 102 cm³/mol. The van der Waals surface area contributed by atoms with E-state index in [0.717, 1.165) is 18.1 Å². The van der Waals surface area contributed by atoms with E-state index in [9.17, 15) is 19.2 Å². The SMILES string of the molecule is O=C(O)CC(O)(C(=O)O)C(O)C(=O)O.O=C(O)CCCCC1CCSS1.[CaH2]. The molecule has 0 aromatic heterocycles. The molecule has 27 heavy (non-hydrogen) atoms. The van der Waals surface area contributed by atoms with Crippen LogP contribution < -0.4 is 0 Å². The van der Waals surface area contributed by atoms with Crippen molar-refractivity contribution >= 4 is 83.2 Å². The van der Waals surface area contributed by atoms with E-state index in [-0.39, 0.29) is 37.7 Å². The van der Waals surface area contributed by atoms with Crippen molar-refractivity contribution in [2.75, 3.05) is 5.75 Å². The van der Waals surface area contributed by atoms with Crippen molar-refractivity contribution in [2.24, 2.45) is 0 Å². The van der Waals surface area contributed by atoms with Crippen LogP contribution in [0.1, 0.15) is 38.5 Å². The summed E-state index contributed by atoms with van der Waals surface area (Å²) in [6, 6.07) is 0. The number of hydrogen-bond acceptors (Lipinski definition) is 8. The molecule has 3 atom stereocenters. The molecule has 0 bridgehead atoms. The first-order chi connectivity index (χ1) is 12.0. The van der Waals surface area contributed by atoms with E-state index < -0.39 is 42.0 Å². The molecule has 0 radical (unpaired) electrons. The molecule has 0 aliphatic carbocycles. The Morgan fingerprint density at radius 3 is 2.00 bits per heavy atom. The molecular weight excluding hydrogens is 432 g/mol. The first kappa shape index (κ1) is 29.0. The number of aliphatic carboxylic acids is 4. The minimum absolute atomic E-state index is 0. The Labute approximate surface area is 193 Å². The Balaban J connectivity index is 0.